The van der Waals surface area contributed by atoms with E-state index in [1.165, 1.54) is 64.2 Å². The van der Waals surface area contributed by atoms with E-state index in [9.17, 15) is 0 Å². The van der Waals surface area contributed by atoms with Crippen LogP contribution in [0.4, 0.5) is 0 Å². The van der Waals surface area contributed by atoms with E-state index in [2.05, 4.69) is 43.6 Å². The highest BCUT2D eigenvalue weighted by molar-refractivity contribution is 9.09. The second kappa shape index (κ2) is 10.8. The van der Waals surface area contributed by atoms with E-state index < -0.39 is 0 Å². The van der Waals surface area contributed by atoms with E-state index in [0.29, 0.717) is 18.3 Å². The van der Waals surface area contributed by atoms with Crippen molar-refractivity contribution in [1.82, 2.24) is 0 Å². The highest BCUT2D eigenvalue weighted by Gasteiger charge is 2.56. The van der Waals surface area contributed by atoms with Crippen LogP contribution in [0.25, 0.3) is 0 Å². The SMILES string of the molecule is COCO[C@H]1CCC2=C(C1)C(CBr)C[C@@H]1[C@@H]2CC[C@]2(C)[C@@H]([C@H](C)CCCC(C)C)CC[C@@H]12. The second-order valence-electron chi connectivity index (χ2n) is 12.5. The topological polar surface area (TPSA) is 18.5 Å². The molecule has 2 nitrogen and oxygen atoms in total. The number of hydrogen-bond acceptors (Lipinski definition) is 2. The summed E-state index contributed by atoms with van der Waals surface area (Å²) in [5, 5.41) is 1.13. The molecule has 0 aromatic rings. The van der Waals surface area contributed by atoms with Gasteiger partial charge < -0.3 is 9.47 Å². The molecule has 0 aromatic heterocycles. The maximum atomic E-state index is 6.01. The molecule has 1 unspecified atom stereocenters. The fourth-order valence-electron chi connectivity index (χ4n) is 8.81. The van der Waals surface area contributed by atoms with Gasteiger partial charge in [0.2, 0.25) is 0 Å². The fourth-order valence-corrected chi connectivity index (χ4v) is 9.47. The van der Waals surface area contributed by atoms with E-state index in [1.807, 2.05) is 5.57 Å². The van der Waals surface area contributed by atoms with Crippen LogP contribution in [-0.2, 0) is 9.47 Å². The zero-order valence-electron chi connectivity index (χ0n) is 21.5. The van der Waals surface area contributed by atoms with Crippen molar-refractivity contribution in [3.8, 4) is 0 Å². The summed E-state index contributed by atoms with van der Waals surface area (Å²) in [6, 6.07) is 0. The van der Waals surface area contributed by atoms with Gasteiger partial charge in [0.25, 0.3) is 0 Å². The van der Waals surface area contributed by atoms with Gasteiger partial charge in [0.1, 0.15) is 6.79 Å². The summed E-state index contributed by atoms with van der Waals surface area (Å²) in [7, 11) is 1.74. The van der Waals surface area contributed by atoms with Gasteiger partial charge in [-0.25, -0.2) is 0 Å². The standard InChI is InChI=1S/C29H49BrO2/c1-19(2)7-6-8-20(3)27-11-12-28-26-15-21(17-30)25-16-22(32-18-31-5)9-10-23(25)24(26)13-14-29(27,28)4/h19-22,24,26-28H,6-18H2,1-5H3/t20-,21?,22+,24-,26-,27-,28+,29-/m1/s1. The first-order chi connectivity index (χ1) is 15.4. The van der Waals surface area contributed by atoms with E-state index in [4.69, 9.17) is 9.47 Å². The molecule has 8 atom stereocenters. The third-order valence-electron chi connectivity index (χ3n) is 10.3. The van der Waals surface area contributed by atoms with Gasteiger partial charge in [-0.05, 0) is 98.2 Å². The number of halogens is 1. The summed E-state index contributed by atoms with van der Waals surface area (Å²) in [6.45, 7) is 10.5. The van der Waals surface area contributed by atoms with Gasteiger partial charge in [-0.3, -0.25) is 0 Å². The normalized spacial score (nSPS) is 40.2. The Morgan fingerprint density at radius 3 is 2.59 bits per heavy atom. The summed E-state index contributed by atoms with van der Waals surface area (Å²) in [5.74, 6) is 6.19. The molecule has 184 valence electrons. The van der Waals surface area contributed by atoms with Gasteiger partial charge in [0.05, 0.1) is 6.10 Å². The molecule has 3 heteroatoms. The first-order valence-electron chi connectivity index (χ1n) is 13.8. The average Bonchev–Trinajstić information content (AvgIpc) is 3.14. The number of allylic oxidation sites excluding steroid dienone is 1. The zero-order chi connectivity index (χ0) is 22.9. The lowest BCUT2D eigenvalue weighted by Crippen LogP contribution is -2.47. The van der Waals surface area contributed by atoms with Crippen molar-refractivity contribution >= 4 is 15.9 Å². The molecule has 2 fully saturated rings. The lowest BCUT2D eigenvalue weighted by atomic mass is 9.51. The Labute approximate surface area is 206 Å². The lowest BCUT2D eigenvalue weighted by molar-refractivity contribution is -0.0785. The first-order valence-corrected chi connectivity index (χ1v) is 14.9. The monoisotopic (exact) mass is 508 g/mol. The molecule has 0 saturated heterocycles. The maximum absolute atomic E-state index is 6.01. The predicted molar refractivity (Wildman–Crippen MR) is 138 cm³/mol. The van der Waals surface area contributed by atoms with Crippen LogP contribution in [0, 0.1) is 46.8 Å². The summed E-state index contributed by atoms with van der Waals surface area (Å²) in [4.78, 5) is 0. The van der Waals surface area contributed by atoms with Crippen LogP contribution >= 0.6 is 15.9 Å². The molecule has 0 heterocycles. The van der Waals surface area contributed by atoms with E-state index in [0.717, 1.165) is 53.2 Å². The molecule has 0 radical (unpaired) electrons. The van der Waals surface area contributed by atoms with Crippen molar-refractivity contribution in [1.29, 1.82) is 0 Å². The van der Waals surface area contributed by atoms with E-state index >= 15 is 0 Å². The van der Waals surface area contributed by atoms with Crippen molar-refractivity contribution in [2.24, 2.45) is 46.8 Å². The highest BCUT2D eigenvalue weighted by atomic mass is 79.9. The second-order valence-corrected chi connectivity index (χ2v) is 13.1. The highest BCUT2D eigenvalue weighted by Crippen LogP contribution is 2.65. The molecule has 0 aliphatic heterocycles. The third-order valence-corrected chi connectivity index (χ3v) is 11.1. The molecule has 2 saturated carbocycles. The van der Waals surface area contributed by atoms with Crippen LogP contribution < -0.4 is 0 Å². The minimum absolute atomic E-state index is 0.364. The summed E-state index contributed by atoms with van der Waals surface area (Å²) >= 11 is 3.92. The number of fused-ring (bicyclic) bond motifs is 4. The molecule has 4 aliphatic rings. The van der Waals surface area contributed by atoms with Crippen molar-refractivity contribution in [2.45, 2.75) is 104 Å². The summed E-state index contributed by atoms with van der Waals surface area (Å²) in [5.41, 5.74) is 4.24. The van der Waals surface area contributed by atoms with Crippen molar-refractivity contribution in [2.75, 3.05) is 19.2 Å². The molecule has 0 bridgehead atoms. The Bertz CT molecular complexity index is 658. The van der Waals surface area contributed by atoms with Crippen LogP contribution in [-0.4, -0.2) is 25.3 Å². The number of rotatable bonds is 9. The molecular weight excluding hydrogens is 460 g/mol. The van der Waals surface area contributed by atoms with Crippen molar-refractivity contribution < 1.29 is 9.47 Å². The van der Waals surface area contributed by atoms with Gasteiger partial charge >= 0.3 is 0 Å². The average molecular weight is 510 g/mol. The van der Waals surface area contributed by atoms with Crippen LogP contribution in [0.3, 0.4) is 0 Å². The van der Waals surface area contributed by atoms with Crippen LogP contribution in [0.15, 0.2) is 11.1 Å². The lowest BCUT2D eigenvalue weighted by Gasteiger charge is -2.54. The van der Waals surface area contributed by atoms with Gasteiger partial charge in [-0.2, -0.15) is 0 Å². The van der Waals surface area contributed by atoms with E-state index in [1.54, 1.807) is 12.7 Å². The molecule has 0 aromatic carbocycles. The molecule has 32 heavy (non-hydrogen) atoms. The Kier molecular flexibility index (Phi) is 8.53. The van der Waals surface area contributed by atoms with Gasteiger partial charge in [-0.15, -0.1) is 0 Å². The Hall–Kier alpha value is 0.140. The zero-order valence-corrected chi connectivity index (χ0v) is 23.1. The third kappa shape index (κ3) is 4.92. The molecule has 0 N–H and O–H groups in total. The Morgan fingerprint density at radius 2 is 1.88 bits per heavy atom. The quantitative estimate of drug-likeness (QED) is 0.177. The largest absolute Gasteiger partial charge is 0.359 e. The van der Waals surface area contributed by atoms with Crippen LogP contribution in [0.2, 0.25) is 0 Å². The van der Waals surface area contributed by atoms with Crippen LogP contribution in [0.5, 0.6) is 0 Å². The van der Waals surface area contributed by atoms with Gasteiger partial charge in [0, 0.05) is 12.4 Å². The minimum atomic E-state index is 0.364. The number of ether oxygens (including phenoxy) is 2. The van der Waals surface area contributed by atoms with Gasteiger partial charge in [0.15, 0.2) is 0 Å². The number of hydrogen-bond donors (Lipinski definition) is 0. The van der Waals surface area contributed by atoms with Crippen LogP contribution in [0.1, 0.15) is 98.3 Å². The first kappa shape index (κ1) is 25.2. The van der Waals surface area contributed by atoms with Gasteiger partial charge in [-0.1, -0.05) is 74.0 Å². The summed E-state index contributed by atoms with van der Waals surface area (Å²) in [6.07, 6.45) is 15.6. The minimum Gasteiger partial charge on any atom is -0.359 e. The molecule has 4 rings (SSSR count). The maximum Gasteiger partial charge on any atom is 0.146 e. The number of alkyl halides is 1. The predicted octanol–water partition coefficient (Wildman–Crippen LogP) is 8.39. The fraction of sp³-hybridized carbons (Fsp3) is 0.931. The molecule has 4 aliphatic carbocycles. The summed E-state index contributed by atoms with van der Waals surface area (Å²) < 4.78 is 11.2. The molecule has 0 amide bonds. The van der Waals surface area contributed by atoms with Crippen molar-refractivity contribution in [3.05, 3.63) is 11.1 Å². The Morgan fingerprint density at radius 1 is 1.06 bits per heavy atom. The van der Waals surface area contributed by atoms with E-state index in [-0.39, 0.29) is 0 Å². The Balaban J connectivity index is 1.48. The smallest absolute Gasteiger partial charge is 0.146 e. The van der Waals surface area contributed by atoms with Crippen molar-refractivity contribution in [3.63, 3.8) is 0 Å². The number of methoxy groups -OCH3 is 1. The molecule has 0 spiro atoms. The molecular formula is C29H49BrO2.